The van der Waals surface area contributed by atoms with E-state index in [2.05, 4.69) is 23.2 Å². The van der Waals surface area contributed by atoms with Gasteiger partial charge in [-0.25, -0.2) is 0 Å². The van der Waals surface area contributed by atoms with Crippen molar-refractivity contribution >= 4 is 11.8 Å². The molecule has 2 N–H and O–H groups in total. The number of benzene rings is 2. The molecule has 1 aromatic heterocycles. The van der Waals surface area contributed by atoms with Gasteiger partial charge in [0.15, 0.2) is 0 Å². The minimum absolute atomic E-state index is 0.0867. The van der Waals surface area contributed by atoms with Crippen LogP contribution in [-0.4, -0.2) is 34.8 Å². The zero-order valence-electron chi connectivity index (χ0n) is 18.7. The Morgan fingerprint density at radius 1 is 1.00 bits per heavy atom. The first-order chi connectivity index (χ1) is 15.4. The molecule has 1 aliphatic carbocycles. The van der Waals surface area contributed by atoms with Crippen LogP contribution < -0.4 is 5.73 Å². The summed E-state index contributed by atoms with van der Waals surface area (Å²) in [5, 5.41) is 0. The van der Waals surface area contributed by atoms with E-state index in [9.17, 15) is 9.59 Å². The Balaban J connectivity index is 1.51. The van der Waals surface area contributed by atoms with Crippen LogP contribution in [0.4, 0.5) is 0 Å². The monoisotopic (exact) mass is 427 g/mol. The lowest BCUT2D eigenvalue weighted by Gasteiger charge is -2.18. The van der Waals surface area contributed by atoms with Crippen molar-refractivity contribution in [2.24, 2.45) is 5.73 Å². The molecule has 1 heterocycles. The fraction of sp³-hybridized carbons (Fsp3) is 0.296. The summed E-state index contributed by atoms with van der Waals surface area (Å²) in [6, 6.07) is 18.5. The molecule has 0 bridgehead atoms. The third kappa shape index (κ3) is 5.05. The number of nitrogens with two attached hydrogens (primary N) is 1. The van der Waals surface area contributed by atoms with Crippen LogP contribution in [0.1, 0.15) is 61.5 Å². The van der Waals surface area contributed by atoms with Crippen molar-refractivity contribution in [3.05, 3.63) is 99.9 Å². The number of carbonyl (C=O) groups is 2. The number of amides is 2. The second kappa shape index (κ2) is 9.35. The Hall–Kier alpha value is -3.47. The molecule has 0 spiro atoms. The van der Waals surface area contributed by atoms with Gasteiger partial charge in [0, 0.05) is 37.0 Å². The third-order valence-corrected chi connectivity index (χ3v) is 6.16. The highest BCUT2D eigenvalue weighted by atomic mass is 16.2. The highest BCUT2D eigenvalue weighted by Crippen LogP contribution is 2.27. The van der Waals surface area contributed by atoms with E-state index < -0.39 is 5.91 Å². The average Bonchev–Trinajstić information content (AvgIpc) is 3.63. The predicted molar refractivity (Wildman–Crippen MR) is 126 cm³/mol. The van der Waals surface area contributed by atoms with Gasteiger partial charge in [0.2, 0.25) is 0 Å². The minimum atomic E-state index is -0.453. The largest absolute Gasteiger partial charge is 0.366 e. The van der Waals surface area contributed by atoms with Gasteiger partial charge in [-0.3, -0.25) is 14.6 Å². The second-order valence-electron chi connectivity index (χ2n) is 8.66. The van der Waals surface area contributed by atoms with Gasteiger partial charge in [-0.1, -0.05) is 42.5 Å². The van der Waals surface area contributed by atoms with Crippen molar-refractivity contribution in [1.29, 1.82) is 0 Å². The molecule has 2 aromatic carbocycles. The van der Waals surface area contributed by atoms with Crippen molar-refractivity contribution in [1.82, 2.24) is 9.88 Å². The smallest absolute Gasteiger partial charge is 0.254 e. The molecule has 32 heavy (non-hydrogen) atoms. The zero-order valence-corrected chi connectivity index (χ0v) is 18.7. The average molecular weight is 428 g/mol. The number of primary amides is 1. The minimum Gasteiger partial charge on any atom is -0.366 e. The summed E-state index contributed by atoms with van der Waals surface area (Å²) in [7, 11) is 1.88. The summed E-state index contributed by atoms with van der Waals surface area (Å²) < 4.78 is 0. The molecule has 0 aliphatic heterocycles. The van der Waals surface area contributed by atoms with Crippen molar-refractivity contribution in [2.45, 2.75) is 45.1 Å². The molecule has 0 atom stereocenters. The van der Waals surface area contributed by atoms with Crippen LogP contribution in [-0.2, 0) is 19.3 Å². The number of aromatic nitrogens is 1. The molecule has 1 saturated carbocycles. The number of hydrogen-bond acceptors (Lipinski definition) is 3. The number of rotatable bonds is 8. The zero-order chi connectivity index (χ0) is 22.7. The molecule has 164 valence electrons. The number of carbonyl (C=O) groups excluding carboxylic acids is 2. The van der Waals surface area contributed by atoms with Gasteiger partial charge in [0.1, 0.15) is 0 Å². The van der Waals surface area contributed by atoms with Gasteiger partial charge in [0.25, 0.3) is 11.8 Å². The Bertz CT molecular complexity index is 1140. The molecule has 3 aromatic rings. The van der Waals surface area contributed by atoms with E-state index in [1.165, 1.54) is 5.56 Å². The van der Waals surface area contributed by atoms with Gasteiger partial charge in [-0.05, 0) is 67.0 Å². The molecular formula is C27H29N3O2. The van der Waals surface area contributed by atoms with Gasteiger partial charge in [-0.15, -0.1) is 0 Å². The Morgan fingerprint density at radius 3 is 2.41 bits per heavy atom. The standard InChI is InChI=1S/C27H29N3O2/c1-18-14-20(9-13-24(18)27(32)30(2)23-11-12-23)15-22-16-21(25(17-29-22)26(28)31)10-8-19-6-4-3-5-7-19/h3-7,9,13-14,16-17,23H,8,10-12,15H2,1-2H3,(H2,28,31). The molecular weight excluding hydrogens is 398 g/mol. The third-order valence-electron chi connectivity index (χ3n) is 6.16. The van der Waals surface area contributed by atoms with Crippen LogP contribution in [0, 0.1) is 6.92 Å². The first-order valence-electron chi connectivity index (χ1n) is 11.1. The summed E-state index contributed by atoms with van der Waals surface area (Å²) >= 11 is 0. The maximum Gasteiger partial charge on any atom is 0.254 e. The number of hydrogen-bond donors (Lipinski definition) is 1. The topological polar surface area (TPSA) is 76.3 Å². The lowest BCUT2D eigenvalue weighted by atomic mass is 9.97. The maximum absolute atomic E-state index is 12.7. The maximum atomic E-state index is 12.7. The van der Waals surface area contributed by atoms with E-state index in [0.29, 0.717) is 18.0 Å². The fourth-order valence-corrected chi connectivity index (χ4v) is 4.10. The fourth-order valence-electron chi connectivity index (χ4n) is 4.10. The van der Waals surface area contributed by atoms with Crippen LogP contribution in [0.3, 0.4) is 0 Å². The number of aryl methyl sites for hydroxylation is 3. The van der Waals surface area contributed by atoms with Crippen molar-refractivity contribution < 1.29 is 9.59 Å². The van der Waals surface area contributed by atoms with Gasteiger partial charge < -0.3 is 10.6 Å². The summed E-state index contributed by atoms with van der Waals surface area (Å²) in [5.74, 6) is -0.366. The van der Waals surface area contributed by atoms with Gasteiger partial charge in [0.05, 0.1) is 5.56 Å². The molecule has 0 saturated heterocycles. The Morgan fingerprint density at radius 2 is 1.75 bits per heavy atom. The van der Waals surface area contributed by atoms with E-state index in [4.69, 9.17) is 5.73 Å². The first kappa shape index (κ1) is 21.8. The van der Waals surface area contributed by atoms with Gasteiger partial charge >= 0.3 is 0 Å². The molecule has 0 radical (unpaired) electrons. The van der Waals surface area contributed by atoms with E-state index in [1.807, 2.05) is 55.3 Å². The van der Waals surface area contributed by atoms with Crippen LogP contribution in [0.2, 0.25) is 0 Å². The van der Waals surface area contributed by atoms with E-state index in [-0.39, 0.29) is 5.91 Å². The quantitative estimate of drug-likeness (QED) is 0.588. The highest BCUT2D eigenvalue weighted by molar-refractivity contribution is 5.96. The molecule has 5 nitrogen and oxygen atoms in total. The number of nitrogens with zero attached hydrogens (tertiary/aromatic N) is 2. The lowest BCUT2D eigenvalue weighted by Crippen LogP contribution is -2.29. The molecule has 2 amide bonds. The van der Waals surface area contributed by atoms with Crippen LogP contribution in [0.25, 0.3) is 0 Å². The van der Waals surface area contributed by atoms with Gasteiger partial charge in [-0.2, -0.15) is 0 Å². The lowest BCUT2D eigenvalue weighted by molar-refractivity contribution is 0.0784. The van der Waals surface area contributed by atoms with Crippen LogP contribution in [0.5, 0.6) is 0 Å². The summed E-state index contributed by atoms with van der Waals surface area (Å²) in [5.41, 5.74) is 11.9. The molecule has 5 heteroatoms. The first-order valence-corrected chi connectivity index (χ1v) is 11.1. The molecule has 0 unspecified atom stereocenters. The van der Waals surface area contributed by atoms with Crippen molar-refractivity contribution in [3.8, 4) is 0 Å². The SMILES string of the molecule is Cc1cc(Cc2cc(CCc3ccccc3)c(C(N)=O)cn2)ccc1C(=O)N(C)C1CC1. The Kier molecular flexibility index (Phi) is 6.35. The predicted octanol–water partition coefficient (Wildman–Crippen LogP) is 4.10. The molecule has 1 fully saturated rings. The summed E-state index contributed by atoms with van der Waals surface area (Å²) in [6.45, 7) is 1.98. The normalized spacial score (nSPS) is 13.1. The molecule has 1 aliphatic rings. The summed E-state index contributed by atoms with van der Waals surface area (Å²) in [6.07, 6.45) is 5.96. The number of pyridine rings is 1. The summed E-state index contributed by atoms with van der Waals surface area (Å²) in [4.78, 5) is 31.0. The highest BCUT2D eigenvalue weighted by Gasteiger charge is 2.30. The van der Waals surface area contributed by atoms with Crippen molar-refractivity contribution in [3.63, 3.8) is 0 Å². The second-order valence-corrected chi connectivity index (χ2v) is 8.66. The van der Waals surface area contributed by atoms with E-state index in [1.54, 1.807) is 6.20 Å². The Labute approximate surface area is 189 Å². The van der Waals surface area contributed by atoms with E-state index in [0.717, 1.165) is 53.6 Å². The van der Waals surface area contributed by atoms with Crippen LogP contribution in [0.15, 0.2) is 60.8 Å². The molecule has 4 rings (SSSR count). The van der Waals surface area contributed by atoms with Crippen LogP contribution >= 0.6 is 0 Å². The van der Waals surface area contributed by atoms with E-state index >= 15 is 0 Å². The van der Waals surface area contributed by atoms with Crippen molar-refractivity contribution in [2.75, 3.05) is 7.05 Å².